The molecule has 1 aliphatic rings. The van der Waals surface area contributed by atoms with Crippen LogP contribution in [0.15, 0.2) is 4.99 Å². The van der Waals surface area contributed by atoms with E-state index in [1.54, 1.807) is 25.6 Å². The van der Waals surface area contributed by atoms with E-state index in [0.717, 1.165) is 17.3 Å². The normalized spacial score (nSPS) is 23.7. The van der Waals surface area contributed by atoms with Gasteiger partial charge < -0.3 is 5.32 Å². The third-order valence-electron chi connectivity index (χ3n) is 3.11. The SMILES string of the molecule is CC(C)CC1CSC(=NCC(C)(C)S(C)(=O)=O)N1. The third-order valence-corrected chi connectivity index (χ3v) is 6.34. The summed E-state index contributed by atoms with van der Waals surface area (Å²) in [4.78, 5) is 4.41. The van der Waals surface area contributed by atoms with Crippen molar-refractivity contribution in [3.8, 4) is 0 Å². The smallest absolute Gasteiger partial charge is 0.156 e. The average molecular weight is 292 g/mol. The van der Waals surface area contributed by atoms with Gasteiger partial charge in [0, 0.05) is 18.1 Å². The van der Waals surface area contributed by atoms with E-state index in [1.807, 2.05) is 0 Å². The van der Waals surface area contributed by atoms with Crippen molar-refractivity contribution < 1.29 is 8.42 Å². The van der Waals surface area contributed by atoms with Crippen molar-refractivity contribution in [3.63, 3.8) is 0 Å². The number of amidine groups is 1. The number of hydrogen-bond donors (Lipinski definition) is 1. The summed E-state index contributed by atoms with van der Waals surface area (Å²) in [5.74, 6) is 1.69. The summed E-state index contributed by atoms with van der Waals surface area (Å²) in [5, 5.41) is 4.25. The molecule has 1 heterocycles. The van der Waals surface area contributed by atoms with Crippen LogP contribution in [-0.4, -0.2) is 42.9 Å². The van der Waals surface area contributed by atoms with Crippen molar-refractivity contribution >= 4 is 26.8 Å². The Balaban J connectivity index is 2.56. The molecule has 1 rings (SSSR count). The van der Waals surface area contributed by atoms with E-state index in [0.29, 0.717) is 18.5 Å². The Morgan fingerprint density at radius 1 is 1.50 bits per heavy atom. The Labute approximate surface area is 115 Å². The minimum Gasteiger partial charge on any atom is -0.361 e. The van der Waals surface area contributed by atoms with Gasteiger partial charge in [0.2, 0.25) is 0 Å². The van der Waals surface area contributed by atoms with Crippen LogP contribution in [0.2, 0.25) is 0 Å². The van der Waals surface area contributed by atoms with E-state index in [2.05, 4.69) is 24.2 Å². The van der Waals surface area contributed by atoms with E-state index in [4.69, 9.17) is 0 Å². The Kier molecular flexibility index (Phi) is 5.12. The number of aliphatic imine (C=N–C) groups is 1. The van der Waals surface area contributed by atoms with Gasteiger partial charge in [-0.2, -0.15) is 0 Å². The molecular weight excluding hydrogens is 268 g/mol. The molecule has 106 valence electrons. The van der Waals surface area contributed by atoms with Gasteiger partial charge in [0.1, 0.15) is 0 Å². The molecule has 18 heavy (non-hydrogen) atoms. The largest absolute Gasteiger partial charge is 0.361 e. The zero-order valence-electron chi connectivity index (χ0n) is 11.9. The molecule has 0 aromatic heterocycles. The molecule has 0 aromatic carbocycles. The van der Waals surface area contributed by atoms with Crippen LogP contribution in [-0.2, 0) is 9.84 Å². The van der Waals surface area contributed by atoms with Gasteiger partial charge in [0.25, 0.3) is 0 Å². The van der Waals surface area contributed by atoms with Crippen LogP contribution in [0, 0.1) is 5.92 Å². The molecule has 0 saturated carbocycles. The molecule has 1 fully saturated rings. The second-order valence-electron chi connectivity index (χ2n) is 5.94. The minimum atomic E-state index is -3.07. The van der Waals surface area contributed by atoms with Crippen LogP contribution in [0.25, 0.3) is 0 Å². The van der Waals surface area contributed by atoms with Gasteiger partial charge in [-0.15, -0.1) is 0 Å². The number of rotatable bonds is 5. The molecule has 0 radical (unpaired) electrons. The molecule has 0 amide bonds. The van der Waals surface area contributed by atoms with Crippen molar-refractivity contribution in [1.29, 1.82) is 0 Å². The highest BCUT2D eigenvalue weighted by molar-refractivity contribution is 8.14. The van der Waals surface area contributed by atoms with E-state index in [-0.39, 0.29) is 0 Å². The molecule has 0 aliphatic carbocycles. The fraction of sp³-hybridized carbons (Fsp3) is 0.917. The lowest BCUT2D eigenvalue weighted by atomic mass is 10.1. The summed E-state index contributed by atoms with van der Waals surface area (Å²) in [5.41, 5.74) is 0. The van der Waals surface area contributed by atoms with Crippen molar-refractivity contribution in [2.24, 2.45) is 10.9 Å². The summed E-state index contributed by atoms with van der Waals surface area (Å²) in [6, 6.07) is 0.468. The highest BCUT2D eigenvalue weighted by Crippen LogP contribution is 2.21. The van der Waals surface area contributed by atoms with E-state index >= 15 is 0 Å². The average Bonchev–Trinajstić information content (AvgIpc) is 2.60. The molecule has 1 aliphatic heterocycles. The molecule has 0 spiro atoms. The van der Waals surface area contributed by atoms with Crippen LogP contribution in [0.3, 0.4) is 0 Å². The summed E-state index contributed by atoms with van der Waals surface area (Å²) in [6.45, 7) is 8.16. The number of hydrogen-bond acceptors (Lipinski definition) is 4. The standard InChI is InChI=1S/C12H24N2O2S2/c1-9(2)6-10-7-17-11(14-10)13-8-12(3,4)18(5,15)16/h9-10H,6-8H2,1-5H3,(H,13,14). The Morgan fingerprint density at radius 2 is 2.11 bits per heavy atom. The molecule has 1 saturated heterocycles. The maximum atomic E-state index is 11.6. The Morgan fingerprint density at radius 3 is 2.61 bits per heavy atom. The molecule has 1 N–H and O–H groups in total. The molecule has 4 nitrogen and oxygen atoms in total. The first-order valence-corrected chi connectivity index (χ1v) is 9.13. The monoisotopic (exact) mass is 292 g/mol. The van der Waals surface area contributed by atoms with Gasteiger partial charge >= 0.3 is 0 Å². The summed E-state index contributed by atoms with van der Waals surface area (Å²) in [7, 11) is -3.07. The summed E-state index contributed by atoms with van der Waals surface area (Å²) in [6.07, 6.45) is 2.39. The van der Waals surface area contributed by atoms with Crippen LogP contribution in [0.1, 0.15) is 34.1 Å². The lowest BCUT2D eigenvalue weighted by Gasteiger charge is -2.20. The van der Waals surface area contributed by atoms with Crippen molar-refractivity contribution in [2.75, 3.05) is 18.6 Å². The van der Waals surface area contributed by atoms with Crippen molar-refractivity contribution in [3.05, 3.63) is 0 Å². The molecule has 0 bridgehead atoms. The molecule has 0 aromatic rings. The maximum absolute atomic E-state index is 11.6. The zero-order chi connectivity index (χ0) is 14.0. The van der Waals surface area contributed by atoms with Gasteiger partial charge in [-0.05, 0) is 26.2 Å². The predicted octanol–water partition coefficient (Wildman–Crippen LogP) is 1.92. The lowest BCUT2D eigenvalue weighted by Crippen LogP contribution is -2.35. The topological polar surface area (TPSA) is 58.5 Å². The highest BCUT2D eigenvalue weighted by atomic mass is 32.2. The number of sulfone groups is 1. The second kappa shape index (κ2) is 5.82. The first-order chi connectivity index (χ1) is 8.12. The van der Waals surface area contributed by atoms with Gasteiger partial charge in [-0.25, -0.2) is 8.42 Å². The maximum Gasteiger partial charge on any atom is 0.156 e. The van der Waals surface area contributed by atoms with Crippen molar-refractivity contribution in [2.45, 2.75) is 44.9 Å². The molecular formula is C12H24N2O2S2. The highest BCUT2D eigenvalue weighted by Gasteiger charge is 2.30. The first-order valence-electron chi connectivity index (χ1n) is 6.25. The van der Waals surface area contributed by atoms with Gasteiger partial charge in [-0.3, -0.25) is 4.99 Å². The van der Waals surface area contributed by atoms with Gasteiger partial charge in [0.15, 0.2) is 15.0 Å². The zero-order valence-corrected chi connectivity index (χ0v) is 13.5. The van der Waals surface area contributed by atoms with Crippen molar-refractivity contribution in [1.82, 2.24) is 5.32 Å². The number of thioether (sulfide) groups is 1. The lowest BCUT2D eigenvalue weighted by molar-refractivity contribution is 0.502. The van der Waals surface area contributed by atoms with Crippen LogP contribution >= 0.6 is 11.8 Å². The van der Waals surface area contributed by atoms with E-state index in [9.17, 15) is 8.42 Å². The fourth-order valence-electron chi connectivity index (χ4n) is 1.60. The fourth-order valence-corrected chi connectivity index (χ4v) is 2.89. The van der Waals surface area contributed by atoms with Gasteiger partial charge in [-0.1, -0.05) is 25.6 Å². The Hall–Kier alpha value is -0.230. The molecule has 1 unspecified atom stereocenters. The predicted molar refractivity (Wildman–Crippen MR) is 80.1 cm³/mol. The third kappa shape index (κ3) is 4.46. The number of nitrogens with zero attached hydrogens (tertiary/aromatic N) is 1. The molecule has 6 heteroatoms. The minimum absolute atomic E-state index is 0.315. The summed E-state index contributed by atoms with van der Waals surface area (Å²) < 4.78 is 22.3. The Bertz CT molecular complexity index is 414. The second-order valence-corrected chi connectivity index (χ2v) is 9.59. The van der Waals surface area contributed by atoms with Crippen LogP contribution in [0.5, 0.6) is 0 Å². The van der Waals surface area contributed by atoms with E-state index < -0.39 is 14.6 Å². The van der Waals surface area contributed by atoms with Crippen LogP contribution in [0.4, 0.5) is 0 Å². The quantitative estimate of drug-likeness (QED) is 0.841. The number of nitrogens with one attached hydrogen (secondary N) is 1. The first kappa shape index (κ1) is 15.8. The van der Waals surface area contributed by atoms with E-state index in [1.165, 1.54) is 6.26 Å². The molecule has 1 atom stereocenters. The summed E-state index contributed by atoms with van der Waals surface area (Å²) >= 11 is 1.69. The van der Waals surface area contributed by atoms with Crippen LogP contribution < -0.4 is 5.32 Å². The van der Waals surface area contributed by atoms with Gasteiger partial charge in [0.05, 0.1) is 11.3 Å².